The monoisotopic (exact) mass is 244 g/mol. The van der Waals surface area contributed by atoms with Crippen LogP contribution in [0.3, 0.4) is 0 Å². The van der Waals surface area contributed by atoms with Crippen molar-refractivity contribution in [3.05, 3.63) is 0 Å². The predicted octanol–water partition coefficient (Wildman–Crippen LogP) is 2.50. The van der Waals surface area contributed by atoms with Crippen molar-refractivity contribution in [1.82, 2.24) is 0 Å². The van der Waals surface area contributed by atoms with E-state index >= 15 is 0 Å². The Kier molecular flexibility index (Phi) is 5.17. The van der Waals surface area contributed by atoms with E-state index in [9.17, 15) is 4.79 Å². The molecule has 0 unspecified atom stereocenters. The molecule has 0 radical (unpaired) electrons. The average Bonchev–Trinajstić information content (AvgIpc) is 1.99. The molecule has 94 valence electrons. The third-order valence-electron chi connectivity index (χ3n) is 3.34. The average molecular weight is 244 g/mol. The van der Waals surface area contributed by atoms with E-state index < -0.39 is 20.4 Å². The van der Waals surface area contributed by atoms with Crippen LogP contribution in [-0.4, -0.2) is 25.5 Å². The normalized spacial score (nSPS) is 15.2. The Bertz CT molecular complexity index is 289. The first-order valence-corrected chi connectivity index (χ1v) is 8.95. The number of rotatable bonds is 5. The molecule has 0 heterocycles. The van der Waals surface area contributed by atoms with Gasteiger partial charge in [0.05, 0.1) is 0 Å². The van der Waals surface area contributed by atoms with Gasteiger partial charge in [0.1, 0.15) is 0 Å². The first-order chi connectivity index (χ1) is 7.10. The maximum atomic E-state index is 10.6. The summed E-state index contributed by atoms with van der Waals surface area (Å²) in [5, 5.41) is 17.4. The molecule has 0 aromatic carbocycles. The Morgan fingerprint density at radius 1 is 1.50 bits per heavy atom. The van der Waals surface area contributed by atoms with Crippen LogP contribution in [-0.2, 0) is 9.22 Å². The second-order valence-electron chi connectivity index (χ2n) is 5.83. The SMILES string of the molecule is CC(C)(C)[SiH-](C)(C)O[C@H](CC#N)CC(=O)O. The molecule has 0 aromatic rings. The van der Waals surface area contributed by atoms with Gasteiger partial charge in [-0.2, -0.15) is 0 Å². The van der Waals surface area contributed by atoms with Gasteiger partial charge in [-0.25, -0.2) is 0 Å². The number of hydrogen-bond donors (Lipinski definition) is 1. The summed E-state index contributed by atoms with van der Waals surface area (Å²) in [6, 6.07) is 1.99. The van der Waals surface area contributed by atoms with Crippen molar-refractivity contribution >= 4 is 14.3 Å². The summed E-state index contributed by atoms with van der Waals surface area (Å²) in [5.41, 5.74) is 0. The zero-order valence-electron chi connectivity index (χ0n) is 10.8. The maximum absolute atomic E-state index is 10.6. The van der Waals surface area contributed by atoms with Gasteiger partial charge < -0.3 is 0 Å². The number of nitrogens with zero attached hydrogens (tertiary/aromatic N) is 1. The van der Waals surface area contributed by atoms with E-state index in [0.29, 0.717) is 0 Å². The Balaban J connectivity index is 4.63. The first kappa shape index (κ1) is 15.1. The van der Waals surface area contributed by atoms with E-state index in [1.807, 2.05) is 6.07 Å². The molecule has 0 aromatic heterocycles. The summed E-state index contributed by atoms with van der Waals surface area (Å²) in [6.45, 7) is 10.5. The van der Waals surface area contributed by atoms with Crippen LogP contribution in [0.15, 0.2) is 0 Å². The standard InChI is InChI=1S/C11H22NO3Si/c1-11(2,3)16(4,5)15-9(6-7-12)8-10(13)14/h9,16H,6,8H2,1-5H3,(H,13,14)/q-1/t9-/m1/s1. The van der Waals surface area contributed by atoms with Gasteiger partial charge in [0.2, 0.25) is 0 Å². The Morgan fingerprint density at radius 3 is 2.31 bits per heavy atom. The van der Waals surface area contributed by atoms with Crippen molar-refractivity contribution in [2.75, 3.05) is 0 Å². The van der Waals surface area contributed by atoms with E-state index in [4.69, 9.17) is 14.8 Å². The van der Waals surface area contributed by atoms with Gasteiger partial charge in [-0.3, -0.25) is 0 Å². The van der Waals surface area contributed by atoms with Crippen molar-refractivity contribution in [2.24, 2.45) is 0 Å². The molecule has 0 amide bonds. The van der Waals surface area contributed by atoms with Crippen LogP contribution >= 0.6 is 0 Å². The van der Waals surface area contributed by atoms with Gasteiger partial charge in [-0.1, -0.05) is 0 Å². The molecule has 0 saturated carbocycles. The number of carbonyl (C=O) groups is 1. The molecule has 4 nitrogen and oxygen atoms in total. The molecule has 0 aliphatic carbocycles. The molecule has 5 heteroatoms. The van der Waals surface area contributed by atoms with Gasteiger partial charge in [-0.05, 0) is 0 Å². The third-order valence-corrected chi connectivity index (χ3v) is 8.58. The minimum absolute atomic E-state index is 0.0548. The van der Waals surface area contributed by atoms with Crippen molar-refractivity contribution < 1.29 is 14.3 Å². The summed E-state index contributed by atoms with van der Waals surface area (Å²) in [7, 11) is -2.29. The Labute approximate surface area is 98.4 Å². The molecular formula is C11H22NO3Si-. The second-order valence-corrected chi connectivity index (χ2v) is 11.3. The quantitative estimate of drug-likeness (QED) is 0.754. The fraction of sp³-hybridized carbons (Fsp3) is 0.818. The minimum atomic E-state index is -2.29. The van der Waals surface area contributed by atoms with Crippen molar-refractivity contribution in [3.63, 3.8) is 0 Å². The van der Waals surface area contributed by atoms with Crippen LogP contribution in [0, 0.1) is 11.3 Å². The summed E-state index contributed by atoms with van der Waals surface area (Å²) in [5.74, 6) is -0.913. The van der Waals surface area contributed by atoms with Crippen LogP contribution < -0.4 is 0 Å². The van der Waals surface area contributed by atoms with E-state index in [1.54, 1.807) is 0 Å². The molecule has 0 rings (SSSR count). The van der Waals surface area contributed by atoms with Gasteiger partial charge in [0.15, 0.2) is 0 Å². The molecule has 0 fully saturated rings. The van der Waals surface area contributed by atoms with E-state index in [0.717, 1.165) is 0 Å². The molecule has 0 spiro atoms. The third kappa shape index (κ3) is 4.77. The fourth-order valence-electron chi connectivity index (χ4n) is 1.15. The zero-order valence-corrected chi connectivity index (χ0v) is 11.9. The van der Waals surface area contributed by atoms with Crippen molar-refractivity contribution in [1.29, 1.82) is 5.26 Å². The predicted molar refractivity (Wildman–Crippen MR) is 65.9 cm³/mol. The number of carboxylic acids is 1. The molecular weight excluding hydrogens is 222 g/mol. The molecule has 16 heavy (non-hydrogen) atoms. The van der Waals surface area contributed by atoms with Crippen molar-refractivity contribution in [2.45, 2.75) is 57.8 Å². The van der Waals surface area contributed by atoms with Gasteiger partial charge in [-0.15, -0.1) is 0 Å². The summed E-state index contributed by atoms with van der Waals surface area (Å²) >= 11 is 0. The van der Waals surface area contributed by atoms with Gasteiger partial charge in [0, 0.05) is 0 Å². The van der Waals surface area contributed by atoms with Crippen molar-refractivity contribution in [3.8, 4) is 6.07 Å². The molecule has 1 atom stereocenters. The number of carboxylic acid groups (broad SMARTS) is 1. The molecule has 0 saturated heterocycles. The fourth-order valence-corrected chi connectivity index (χ4v) is 2.71. The van der Waals surface area contributed by atoms with Crippen LogP contribution in [0.1, 0.15) is 33.6 Å². The first-order valence-electron chi connectivity index (χ1n) is 5.59. The Hall–Kier alpha value is -0.863. The van der Waals surface area contributed by atoms with E-state index in [1.165, 1.54) is 0 Å². The summed E-state index contributed by atoms with van der Waals surface area (Å²) < 4.78 is 5.92. The number of aliphatic carboxylic acids is 1. The molecule has 0 bridgehead atoms. The molecule has 1 N–H and O–H groups in total. The number of nitriles is 1. The second kappa shape index (κ2) is 5.46. The summed E-state index contributed by atoms with van der Waals surface area (Å²) in [4.78, 5) is 10.6. The summed E-state index contributed by atoms with van der Waals surface area (Å²) in [6.07, 6.45) is -0.416. The van der Waals surface area contributed by atoms with Gasteiger partial charge in [0.25, 0.3) is 0 Å². The van der Waals surface area contributed by atoms with E-state index in [-0.39, 0.29) is 17.9 Å². The van der Waals surface area contributed by atoms with Crippen LogP contribution in [0.2, 0.25) is 18.1 Å². The van der Waals surface area contributed by atoms with Crippen LogP contribution in [0.25, 0.3) is 0 Å². The molecule has 0 aliphatic heterocycles. The Morgan fingerprint density at radius 2 is 2.00 bits per heavy atom. The topological polar surface area (TPSA) is 70.3 Å². The molecule has 0 aliphatic rings. The number of hydrogen-bond acceptors (Lipinski definition) is 3. The van der Waals surface area contributed by atoms with Crippen LogP contribution in [0.5, 0.6) is 0 Å². The van der Waals surface area contributed by atoms with Gasteiger partial charge >= 0.3 is 97.8 Å². The van der Waals surface area contributed by atoms with E-state index in [2.05, 4.69) is 33.9 Å². The van der Waals surface area contributed by atoms with Crippen LogP contribution in [0.4, 0.5) is 0 Å². The zero-order chi connectivity index (χ0) is 13.0.